The Bertz CT molecular complexity index is 377. The van der Waals surface area contributed by atoms with E-state index < -0.39 is 12.2 Å². The van der Waals surface area contributed by atoms with E-state index in [9.17, 15) is 13.2 Å². The average molecular weight is 292 g/mol. The molecule has 5 nitrogen and oxygen atoms in total. The zero-order valence-electron chi connectivity index (χ0n) is 11.3. The summed E-state index contributed by atoms with van der Waals surface area (Å²) in [5, 5.41) is 5.94. The fourth-order valence-electron chi connectivity index (χ4n) is 2.04. The van der Waals surface area contributed by atoms with Gasteiger partial charge in [-0.15, -0.1) is 0 Å². The van der Waals surface area contributed by atoms with Crippen molar-refractivity contribution in [3.8, 4) is 0 Å². The molecule has 3 aliphatic rings. The lowest BCUT2D eigenvalue weighted by Crippen LogP contribution is -2.40. The van der Waals surface area contributed by atoms with Crippen LogP contribution in [0, 0.1) is 0 Å². The number of halogens is 3. The maximum absolute atomic E-state index is 12.2. The molecule has 0 spiro atoms. The van der Waals surface area contributed by atoms with Crippen molar-refractivity contribution < 1.29 is 17.9 Å². The summed E-state index contributed by atoms with van der Waals surface area (Å²) in [6.07, 6.45) is -0.863. The molecule has 0 aliphatic carbocycles. The lowest BCUT2D eigenvalue weighted by molar-refractivity contribution is -0.145. The van der Waals surface area contributed by atoms with Gasteiger partial charge in [0.05, 0.1) is 19.8 Å². The zero-order chi connectivity index (χ0) is 14.6. The lowest BCUT2D eigenvalue weighted by Gasteiger charge is -2.22. The molecule has 114 valence electrons. The third-order valence-electron chi connectivity index (χ3n) is 3.11. The smallest absolute Gasteiger partial charge is 0.379 e. The van der Waals surface area contributed by atoms with Gasteiger partial charge in [0.2, 0.25) is 0 Å². The van der Waals surface area contributed by atoms with E-state index in [0.29, 0.717) is 18.5 Å². The predicted octanol–water partition coefficient (Wildman–Crippen LogP) is 0.700. The van der Waals surface area contributed by atoms with Crippen molar-refractivity contribution >= 4 is 5.96 Å². The number of rotatable bonds is 0. The predicted molar refractivity (Wildman–Crippen MR) is 69.4 cm³/mol. The van der Waals surface area contributed by atoms with Crippen LogP contribution in [-0.2, 0) is 4.74 Å². The molecule has 20 heavy (non-hydrogen) atoms. The normalized spacial score (nSPS) is 29.0. The van der Waals surface area contributed by atoms with Crippen molar-refractivity contribution in [2.24, 2.45) is 4.99 Å². The SMILES string of the molecule is C[C@@H]1COCCN1.FC(F)(F)C1CN2CC=CNC2=N1. The molecule has 3 heterocycles. The van der Waals surface area contributed by atoms with Gasteiger partial charge in [-0.1, -0.05) is 0 Å². The number of alkyl halides is 3. The van der Waals surface area contributed by atoms with E-state index in [4.69, 9.17) is 4.74 Å². The number of aliphatic imine (C=N–C) groups is 1. The van der Waals surface area contributed by atoms with E-state index in [1.165, 1.54) is 0 Å². The summed E-state index contributed by atoms with van der Waals surface area (Å²) in [4.78, 5) is 5.10. The molecule has 1 unspecified atom stereocenters. The Labute approximate surface area is 115 Å². The summed E-state index contributed by atoms with van der Waals surface area (Å²) < 4.78 is 41.8. The first kappa shape index (κ1) is 15.1. The number of guanidine groups is 1. The van der Waals surface area contributed by atoms with Gasteiger partial charge in [0.25, 0.3) is 0 Å². The summed E-state index contributed by atoms with van der Waals surface area (Å²) >= 11 is 0. The van der Waals surface area contributed by atoms with Crippen LogP contribution in [0.2, 0.25) is 0 Å². The van der Waals surface area contributed by atoms with Crippen molar-refractivity contribution in [1.82, 2.24) is 15.5 Å². The van der Waals surface area contributed by atoms with Crippen molar-refractivity contribution in [2.75, 3.05) is 32.8 Å². The highest BCUT2D eigenvalue weighted by Crippen LogP contribution is 2.27. The molecule has 3 aliphatic heterocycles. The Morgan fingerprint density at radius 3 is 2.75 bits per heavy atom. The first-order valence-corrected chi connectivity index (χ1v) is 6.59. The van der Waals surface area contributed by atoms with Crippen molar-refractivity contribution in [3.63, 3.8) is 0 Å². The van der Waals surface area contributed by atoms with Gasteiger partial charge in [0.15, 0.2) is 12.0 Å². The van der Waals surface area contributed by atoms with E-state index in [-0.39, 0.29) is 6.54 Å². The molecule has 0 saturated carbocycles. The van der Waals surface area contributed by atoms with Crippen LogP contribution in [0.15, 0.2) is 17.3 Å². The molecule has 0 radical (unpaired) electrons. The maximum atomic E-state index is 12.2. The Morgan fingerprint density at radius 1 is 1.45 bits per heavy atom. The molecule has 1 saturated heterocycles. The number of ether oxygens (including phenoxy) is 1. The first-order valence-electron chi connectivity index (χ1n) is 6.59. The first-order chi connectivity index (χ1) is 9.47. The highest BCUT2D eigenvalue weighted by molar-refractivity contribution is 5.83. The molecular formula is C12H19F3N4O. The largest absolute Gasteiger partial charge is 0.412 e. The Morgan fingerprint density at radius 2 is 2.25 bits per heavy atom. The molecule has 8 heteroatoms. The second kappa shape index (κ2) is 6.45. The third kappa shape index (κ3) is 4.11. The van der Waals surface area contributed by atoms with E-state index >= 15 is 0 Å². The van der Waals surface area contributed by atoms with Crippen LogP contribution in [0.1, 0.15) is 6.92 Å². The molecule has 2 atom stereocenters. The fraction of sp³-hybridized carbons (Fsp3) is 0.750. The third-order valence-corrected chi connectivity index (χ3v) is 3.11. The van der Waals surface area contributed by atoms with Crippen LogP contribution in [0.3, 0.4) is 0 Å². The van der Waals surface area contributed by atoms with Crippen LogP contribution in [0.4, 0.5) is 13.2 Å². The van der Waals surface area contributed by atoms with E-state index in [0.717, 1.165) is 19.8 Å². The van der Waals surface area contributed by atoms with Crippen molar-refractivity contribution in [1.29, 1.82) is 0 Å². The number of fused-ring (bicyclic) bond motifs is 1. The van der Waals surface area contributed by atoms with Gasteiger partial charge >= 0.3 is 6.18 Å². The second-order valence-electron chi connectivity index (χ2n) is 4.89. The van der Waals surface area contributed by atoms with Crippen LogP contribution in [0.25, 0.3) is 0 Å². The van der Waals surface area contributed by atoms with Gasteiger partial charge in [-0.2, -0.15) is 13.2 Å². The minimum absolute atomic E-state index is 0.0732. The van der Waals surface area contributed by atoms with Gasteiger partial charge in [-0.25, -0.2) is 4.99 Å². The van der Waals surface area contributed by atoms with Crippen LogP contribution < -0.4 is 10.6 Å². The Balaban J connectivity index is 0.000000178. The number of hydrogen-bond donors (Lipinski definition) is 2. The molecule has 0 amide bonds. The fourth-order valence-corrected chi connectivity index (χ4v) is 2.04. The molecule has 0 bridgehead atoms. The summed E-state index contributed by atoms with van der Waals surface area (Å²) in [6.45, 7) is 5.32. The second-order valence-corrected chi connectivity index (χ2v) is 4.89. The monoisotopic (exact) mass is 292 g/mol. The van der Waals surface area contributed by atoms with Gasteiger partial charge in [0.1, 0.15) is 0 Å². The van der Waals surface area contributed by atoms with Gasteiger partial charge in [-0.3, -0.25) is 0 Å². The van der Waals surface area contributed by atoms with Crippen LogP contribution in [0.5, 0.6) is 0 Å². The standard InChI is InChI=1S/C7H8F3N3.C5H11NO/c8-7(9,10)5-4-13-3-1-2-11-6(13)12-5;1-5-4-7-3-2-6-5/h1-2,5H,3-4H2,(H,11,12);5-6H,2-4H2,1H3/t;5-/m.1/s1. The molecule has 3 rings (SSSR count). The summed E-state index contributed by atoms with van der Waals surface area (Å²) in [7, 11) is 0. The van der Waals surface area contributed by atoms with Gasteiger partial charge in [0, 0.05) is 25.3 Å². The van der Waals surface area contributed by atoms with Gasteiger partial charge in [-0.05, 0) is 13.0 Å². The average Bonchev–Trinajstić information content (AvgIpc) is 2.84. The number of hydrogen-bond acceptors (Lipinski definition) is 5. The Kier molecular flexibility index (Phi) is 4.87. The highest BCUT2D eigenvalue weighted by Gasteiger charge is 2.44. The molecule has 1 fully saturated rings. The quantitative estimate of drug-likeness (QED) is 0.690. The minimum atomic E-state index is -4.23. The molecular weight excluding hydrogens is 273 g/mol. The van der Waals surface area contributed by atoms with Crippen LogP contribution in [-0.4, -0.2) is 62.0 Å². The minimum Gasteiger partial charge on any atom is -0.379 e. The molecule has 0 aromatic rings. The van der Waals surface area contributed by atoms with Gasteiger partial charge < -0.3 is 20.3 Å². The van der Waals surface area contributed by atoms with E-state index in [2.05, 4.69) is 22.5 Å². The molecule has 0 aromatic carbocycles. The molecule has 0 aromatic heterocycles. The maximum Gasteiger partial charge on any atom is 0.412 e. The number of nitrogens with one attached hydrogen (secondary N) is 2. The topological polar surface area (TPSA) is 48.9 Å². The lowest BCUT2D eigenvalue weighted by atomic mass is 10.3. The highest BCUT2D eigenvalue weighted by atomic mass is 19.4. The summed E-state index contributed by atoms with van der Waals surface area (Å²) in [5.74, 6) is 0.324. The van der Waals surface area contributed by atoms with E-state index in [1.807, 2.05) is 0 Å². The number of morpholine rings is 1. The summed E-state index contributed by atoms with van der Waals surface area (Å²) in [5.41, 5.74) is 0. The van der Waals surface area contributed by atoms with Crippen molar-refractivity contribution in [3.05, 3.63) is 12.3 Å². The van der Waals surface area contributed by atoms with Crippen molar-refractivity contribution in [2.45, 2.75) is 25.2 Å². The molecule has 2 N–H and O–H groups in total. The van der Waals surface area contributed by atoms with E-state index in [1.54, 1.807) is 17.2 Å². The number of nitrogens with zero attached hydrogens (tertiary/aromatic N) is 2. The van der Waals surface area contributed by atoms with Crippen LogP contribution >= 0.6 is 0 Å². The Hall–Kier alpha value is -1.28. The zero-order valence-corrected chi connectivity index (χ0v) is 11.3. The summed E-state index contributed by atoms with van der Waals surface area (Å²) in [6, 6.07) is -1.01.